The van der Waals surface area contributed by atoms with Crippen LogP contribution < -0.4 is 11.0 Å². The SMILES string of the molecule is CC[C@@]1(N=[N+]=[N-])O[C@@H](n2ccc(NC(=O)c3ccccc3)nc2=O)C(F)(F)[C@@H]1C. The number of alkyl halides is 2. The van der Waals surface area contributed by atoms with Crippen molar-refractivity contribution in [2.45, 2.75) is 38.1 Å². The predicted molar refractivity (Wildman–Crippen MR) is 99.3 cm³/mol. The van der Waals surface area contributed by atoms with Crippen LogP contribution in [0.2, 0.25) is 0 Å². The van der Waals surface area contributed by atoms with Crippen molar-refractivity contribution in [2.24, 2.45) is 11.0 Å². The minimum atomic E-state index is -3.50. The van der Waals surface area contributed by atoms with Gasteiger partial charge < -0.3 is 10.1 Å². The molecule has 9 nitrogen and oxygen atoms in total. The van der Waals surface area contributed by atoms with Gasteiger partial charge in [0.2, 0.25) is 6.23 Å². The van der Waals surface area contributed by atoms with Crippen LogP contribution in [0.1, 0.15) is 36.9 Å². The Morgan fingerprint density at radius 1 is 1.38 bits per heavy atom. The fraction of sp³-hybridized carbons (Fsp3) is 0.389. The van der Waals surface area contributed by atoms with Crippen LogP contribution in [-0.4, -0.2) is 27.1 Å². The number of nitrogens with zero attached hydrogens (tertiary/aromatic N) is 5. The van der Waals surface area contributed by atoms with E-state index in [-0.39, 0.29) is 12.2 Å². The molecule has 0 radical (unpaired) electrons. The molecule has 3 atom stereocenters. The molecule has 0 bridgehead atoms. The lowest BCUT2D eigenvalue weighted by atomic mass is 9.92. The summed E-state index contributed by atoms with van der Waals surface area (Å²) in [6.45, 7) is 2.75. The highest BCUT2D eigenvalue weighted by Gasteiger charge is 2.64. The average molecular weight is 404 g/mol. The van der Waals surface area contributed by atoms with E-state index in [4.69, 9.17) is 10.3 Å². The van der Waals surface area contributed by atoms with E-state index in [0.717, 1.165) is 6.20 Å². The highest BCUT2D eigenvalue weighted by molar-refractivity contribution is 6.03. The zero-order chi connectivity index (χ0) is 21.2. The lowest BCUT2D eigenvalue weighted by Gasteiger charge is -2.25. The summed E-state index contributed by atoms with van der Waals surface area (Å²) in [5, 5.41) is 5.87. The number of rotatable bonds is 5. The number of hydrogen-bond acceptors (Lipinski definition) is 5. The third kappa shape index (κ3) is 3.57. The van der Waals surface area contributed by atoms with Gasteiger partial charge >= 0.3 is 5.69 Å². The lowest BCUT2D eigenvalue weighted by Crippen LogP contribution is -2.39. The molecule has 1 fully saturated rings. The number of halogens is 2. The normalized spacial score (nSPS) is 25.2. The molecule has 1 saturated heterocycles. The van der Waals surface area contributed by atoms with Crippen molar-refractivity contribution >= 4 is 11.7 Å². The Balaban J connectivity index is 1.89. The van der Waals surface area contributed by atoms with Crippen LogP contribution >= 0.6 is 0 Å². The maximum Gasteiger partial charge on any atom is 0.351 e. The predicted octanol–water partition coefficient (Wildman–Crippen LogP) is 3.71. The van der Waals surface area contributed by atoms with Crippen LogP contribution in [0, 0.1) is 5.92 Å². The summed E-state index contributed by atoms with van der Waals surface area (Å²) in [4.78, 5) is 30.8. The number of ether oxygens (including phenoxy) is 1. The minimum Gasteiger partial charge on any atom is -0.338 e. The summed E-state index contributed by atoms with van der Waals surface area (Å²) in [6, 6.07) is 9.45. The number of carbonyl (C=O) groups excluding carboxylic acids is 1. The molecule has 1 N–H and O–H groups in total. The van der Waals surface area contributed by atoms with Gasteiger partial charge in [0.1, 0.15) is 5.82 Å². The number of aromatic nitrogens is 2. The molecule has 152 valence electrons. The van der Waals surface area contributed by atoms with E-state index >= 15 is 0 Å². The Kier molecular flexibility index (Phi) is 5.36. The Morgan fingerprint density at radius 2 is 2.07 bits per heavy atom. The molecule has 2 heterocycles. The molecule has 0 unspecified atom stereocenters. The summed E-state index contributed by atoms with van der Waals surface area (Å²) < 4.78 is 35.7. The molecule has 2 aromatic rings. The zero-order valence-electron chi connectivity index (χ0n) is 15.6. The molecule has 0 spiro atoms. The molecular formula is C18H18F2N6O3. The number of amides is 1. The van der Waals surface area contributed by atoms with Crippen LogP contribution in [0.3, 0.4) is 0 Å². The molecule has 1 aromatic carbocycles. The van der Waals surface area contributed by atoms with E-state index in [2.05, 4.69) is 20.3 Å². The zero-order valence-corrected chi connectivity index (χ0v) is 15.6. The Labute approximate surface area is 164 Å². The summed E-state index contributed by atoms with van der Waals surface area (Å²) in [7, 11) is 0. The lowest BCUT2D eigenvalue weighted by molar-refractivity contribution is -0.136. The first kappa shape index (κ1) is 20.4. The van der Waals surface area contributed by atoms with Gasteiger partial charge in [-0.15, -0.1) is 0 Å². The molecule has 1 aliphatic heterocycles. The summed E-state index contributed by atoms with van der Waals surface area (Å²) in [5.41, 5.74) is 6.27. The molecule has 3 rings (SSSR count). The quantitative estimate of drug-likeness (QED) is 0.464. The first-order valence-electron chi connectivity index (χ1n) is 8.82. The Bertz CT molecular complexity index is 1020. The molecule has 0 saturated carbocycles. The van der Waals surface area contributed by atoms with E-state index in [9.17, 15) is 18.4 Å². The molecular weight excluding hydrogens is 386 g/mol. The van der Waals surface area contributed by atoms with E-state index in [1.54, 1.807) is 37.3 Å². The van der Waals surface area contributed by atoms with Crippen LogP contribution in [0.15, 0.2) is 52.5 Å². The Hall–Kier alpha value is -3.30. The number of carbonyl (C=O) groups is 1. The molecule has 1 aliphatic rings. The van der Waals surface area contributed by atoms with E-state index < -0.39 is 35.4 Å². The van der Waals surface area contributed by atoms with Crippen LogP contribution in [0.25, 0.3) is 10.4 Å². The molecule has 29 heavy (non-hydrogen) atoms. The maximum absolute atomic E-state index is 14.8. The third-order valence-electron chi connectivity index (χ3n) is 4.98. The van der Waals surface area contributed by atoms with Gasteiger partial charge in [0.25, 0.3) is 11.8 Å². The maximum atomic E-state index is 14.8. The van der Waals surface area contributed by atoms with E-state index in [1.807, 2.05) is 0 Å². The van der Waals surface area contributed by atoms with Gasteiger partial charge in [-0.1, -0.05) is 37.2 Å². The molecule has 11 heteroatoms. The molecule has 1 aromatic heterocycles. The minimum absolute atomic E-state index is 0.00227. The molecule has 1 amide bonds. The Morgan fingerprint density at radius 3 is 2.66 bits per heavy atom. The second-order valence-electron chi connectivity index (χ2n) is 6.58. The van der Waals surface area contributed by atoms with E-state index in [0.29, 0.717) is 10.1 Å². The summed E-state index contributed by atoms with van der Waals surface area (Å²) in [5.74, 6) is -5.55. The van der Waals surface area contributed by atoms with Gasteiger partial charge in [0.05, 0.1) is 5.92 Å². The van der Waals surface area contributed by atoms with Gasteiger partial charge in [0, 0.05) is 16.7 Å². The van der Waals surface area contributed by atoms with Gasteiger partial charge in [0.15, 0.2) is 5.72 Å². The van der Waals surface area contributed by atoms with Crippen LogP contribution in [0.5, 0.6) is 0 Å². The first-order valence-corrected chi connectivity index (χ1v) is 8.82. The highest BCUT2D eigenvalue weighted by Crippen LogP contribution is 2.53. The van der Waals surface area contributed by atoms with Crippen molar-refractivity contribution in [2.75, 3.05) is 5.32 Å². The van der Waals surface area contributed by atoms with Crippen molar-refractivity contribution in [3.63, 3.8) is 0 Å². The number of hydrogen-bond donors (Lipinski definition) is 1. The van der Waals surface area contributed by atoms with Crippen LogP contribution in [-0.2, 0) is 4.74 Å². The number of benzene rings is 1. The smallest absolute Gasteiger partial charge is 0.338 e. The third-order valence-corrected chi connectivity index (χ3v) is 4.98. The summed E-state index contributed by atoms with van der Waals surface area (Å²) in [6.07, 6.45) is -0.942. The second kappa shape index (κ2) is 7.61. The highest BCUT2D eigenvalue weighted by atomic mass is 19.3. The van der Waals surface area contributed by atoms with Crippen molar-refractivity contribution < 1.29 is 18.3 Å². The number of anilines is 1. The van der Waals surface area contributed by atoms with Crippen molar-refractivity contribution in [3.8, 4) is 0 Å². The number of nitrogens with one attached hydrogen (secondary N) is 1. The molecule has 0 aliphatic carbocycles. The van der Waals surface area contributed by atoms with Gasteiger partial charge in [-0.2, -0.15) is 4.98 Å². The van der Waals surface area contributed by atoms with Gasteiger partial charge in [-0.3, -0.25) is 9.36 Å². The number of azide groups is 1. The first-order chi connectivity index (χ1) is 13.7. The summed E-state index contributed by atoms with van der Waals surface area (Å²) >= 11 is 0. The topological polar surface area (TPSA) is 122 Å². The largest absolute Gasteiger partial charge is 0.351 e. The van der Waals surface area contributed by atoms with Gasteiger partial charge in [-0.05, 0) is 30.2 Å². The van der Waals surface area contributed by atoms with Crippen molar-refractivity contribution in [3.05, 3.63) is 69.1 Å². The van der Waals surface area contributed by atoms with E-state index in [1.165, 1.54) is 13.0 Å². The van der Waals surface area contributed by atoms with Crippen LogP contribution in [0.4, 0.5) is 14.6 Å². The van der Waals surface area contributed by atoms with Gasteiger partial charge in [-0.25, -0.2) is 13.6 Å². The monoisotopic (exact) mass is 404 g/mol. The standard InChI is InChI=1S/C18H18F2N6O3/c1-3-17(24-25-21)11(2)18(19,20)15(29-17)26-10-9-13(23-16(26)28)22-14(27)12-7-5-4-6-8-12/h4-11,15H,3H2,1-2H3,(H,22,23,27,28)/t11-,15-,17-/m1/s1. The van der Waals surface area contributed by atoms with Crippen molar-refractivity contribution in [1.82, 2.24) is 9.55 Å². The second-order valence-corrected chi connectivity index (χ2v) is 6.58. The van der Waals surface area contributed by atoms with Crippen molar-refractivity contribution in [1.29, 1.82) is 0 Å². The fourth-order valence-corrected chi connectivity index (χ4v) is 3.22. The average Bonchev–Trinajstić information content (AvgIpc) is 2.90. The fourth-order valence-electron chi connectivity index (χ4n) is 3.22.